The molecule has 244 valence electrons. The van der Waals surface area contributed by atoms with Crippen LogP contribution in [0.5, 0.6) is 0 Å². The lowest BCUT2D eigenvalue weighted by atomic mass is 10.1. The van der Waals surface area contributed by atoms with Crippen LogP contribution in [0.15, 0.2) is 71.3 Å². The Morgan fingerprint density at radius 3 is 2.24 bits per heavy atom. The fraction of sp³-hybridized carbons (Fsp3) is 0.290. The first-order valence-corrected chi connectivity index (χ1v) is 14.1. The second kappa shape index (κ2) is 16.0. The van der Waals surface area contributed by atoms with Crippen molar-refractivity contribution in [2.24, 2.45) is 0 Å². The predicted octanol–water partition coefficient (Wildman–Crippen LogP) is 5.15. The van der Waals surface area contributed by atoms with Crippen molar-refractivity contribution in [3.8, 4) is 22.7 Å². The van der Waals surface area contributed by atoms with Crippen molar-refractivity contribution in [1.29, 1.82) is 0 Å². The number of hydrogen-bond donors (Lipinski definition) is 4. The van der Waals surface area contributed by atoms with Gasteiger partial charge in [0, 0.05) is 17.2 Å². The molecule has 0 saturated heterocycles. The van der Waals surface area contributed by atoms with Crippen LogP contribution in [0.4, 0.5) is 13.2 Å². The molecule has 0 fully saturated rings. The van der Waals surface area contributed by atoms with E-state index in [0.29, 0.717) is 17.1 Å². The quantitative estimate of drug-likeness (QED) is 0.161. The maximum Gasteiger partial charge on any atom is 0.490 e. The summed E-state index contributed by atoms with van der Waals surface area (Å²) in [5.74, 6) is -3.69. The molecule has 0 unspecified atom stereocenters. The molecular weight excluding hydrogens is 611 g/mol. The summed E-state index contributed by atoms with van der Waals surface area (Å²) >= 11 is 0. The fourth-order valence-corrected chi connectivity index (χ4v) is 3.85. The number of carboxylic acids is 1. The molecule has 4 aromatic rings. The van der Waals surface area contributed by atoms with Crippen molar-refractivity contribution in [2.75, 3.05) is 0 Å². The largest absolute Gasteiger partial charge is 0.490 e. The number of rotatable bonds is 11. The van der Waals surface area contributed by atoms with Gasteiger partial charge in [-0.2, -0.15) is 18.3 Å². The van der Waals surface area contributed by atoms with Crippen LogP contribution in [0.25, 0.3) is 22.7 Å². The number of carboxylic acid groups (broad SMARTS) is 1. The molecule has 0 radical (unpaired) electrons. The number of nitrogens with zero attached hydrogens (tertiary/aromatic N) is 2. The number of halogens is 3. The van der Waals surface area contributed by atoms with Crippen molar-refractivity contribution in [1.82, 2.24) is 25.8 Å². The summed E-state index contributed by atoms with van der Waals surface area (Å²) in [5, 5.41) is 19.6. The normalized spacial score (nSPS) is 11.6. The number of aromatic amines is 1. The minimum atomic E-state index is -5.08. The molecule has 2 amide bonds. The summed E-state index contributed by atoms with van der Waals surface area (Å²) in [5.41, 5.74) is 2.95. The van der Waals surface area contributed by atoms with Crippen LogP contribution in [-0.2, 0) is 20.9 Å². The van der Waals surface area contributed by atoms with Crippen LogP contribution in [-0.4, -0.2) is 62.3 Å². The number of amides is 2. The lowest BCUT2D eigenvalue weighted by Crippen LogP contribution is -2.39. The number of carbonyl (C=O) groups is 4. The van der Waals surface area contributed by atoms with Crippen LogP contribution in [0.1, 0.15) is 60.2 Å². The van der Waals surface area contributed by atoms with Crippen molar-refractivity contribution in [3.63, 3.8) is 0 Å². The Hall–Kier alpha value is -5.47. The molecule has 15 heteroatoms. The molecule has 0 spiro atoms. The van der Waals surface area contributed by atoms with E-state index >= 15 is 0 Å². The van der Waals surface area contributed by atoms with E-state index in [9.17, 15) is 27.6 Å². The molecule has 2 heterocycles. The van der Waals surface area contributed by atoms with Crippen molar-refractivity contribution in [3.05, 3.63) is 83.9 Å². The van der Waals surface area contributed by atoms with Gasteiger partial charge in [-0.15, -0.1) is 0 Å². The van der Waals surface area contributed by atoms with Gasteiger partial charge in [-0.1, -0.05) is 56.3 Å². The third-order valence-electron chi connectivity index (χ3n) is 6.45. The van der Waals surface area contributed by atoms with E-state index in [1.54, 1.807) is 13.0 Å². The first-order chi connectivity index (χ1) is 21.8. The summed E-state index contributed by atoms with van der Waals surface area (Å²) < 4.78 is 42.7. The van der Waals surface area contributed by atoms with Crippen LogP contribution in [0.3, 0.4) is 0 Å². The zero-order valence-corrected chi connectivity index (χ0v) is 25.1. The first-order valence-electron chi connectivity index (χ1n) is 14.1. The topological polar surface area (TPSA) is 177 Å². The Bertz CT molecular complexity index is 1630. The minimum Gasteiger partial charge on any atom is -0.475 e. The van der Waals surface area contributed by atoms with Gasteiger partial charge in [-0.3, -0.25) is 14.7 Å². The van der Waals surface area contributed by atoms with Gasteiger partial charge in [-0.05, 0) is 43.5 Å². The molecule has 0 saturated carbocycles. The maximum absolute atomic E-state index is 12.7. The fourth-order valence-electron chi connectivity index (χ4n) is 3.85. The van der Waals surface area contributed by atoms with E-state index < -0.39 is 30.1 Å². The van der Waals surface area contributed by atoms with Gasteiger partial charge in [0.05, 0.1) is 11.9 Å². The second-order valence-corrected chi connectivity index (χ2v) is 9.86. The Labute approximate surface area is 261 Å². The number of alkyl halides is 3. The smallest absolute Gasteiger partial charge is 0.475 e. The van der Waals surface area contributed by atoms with Gasteiger partial charge in [0.15, 0.2) is 5.69 Å². The highest BCUT2D eigenvalue weighted by Crippen LogP contribution is 2.26. The van der Waals surface area contributed by atoms with Crippen LogP contribution < -0.4 is 10.6 Å². The summed E-state index contributed by atoms with van der Waals surface area (Å²) in [7, 11) is 0. The van der Waals surface area contributed by atoms with Gasteiger partial charge in [0.2, 0.25) is 11.7 Å². The molecule has 46 heavy (non-hydrogen) atoms. The van der Waals surface area contributed by atoms with Gasteiger partial charge < -0.3 is 24.9 Å². The number of nitrogens with one attached hydrogen (secondary N) is 3. The molecule has 1 atom stereocenters. The van der Waals surface area contributed by atoms with Gasteiger partial charge in [0.1, 0.15) is 12.6 Å². The molecule has 2 aromatic carbocycles. The third-order valence-corrected chi connectivity index (χ3v) is 6.45. The van der Waals surface area contributed by atoms with E-state index in [0.717, 1.165) is 24.0 Å². The highest BCUT2D eigenvalue weighted by Gasteiger charge is 2.38. The van der Waals surface area contributed by atoms with Crippen LogP contribution in [0.2, 0.25) is 0 Å². The molecule has 4 rings (SSSR count). The summed E-state index contributed by atoms with van der Waals surface area (Å²) in [6.07, 6.45) is -2.02. The van der Waals surface area contributed by atoms with Gasteiger partial charge in [-0.25, -0.2) is 14.6 Å². The number of esters is 1. The minimum absolute atomic E-state index is 0.0732. The average molecular weight is 644 g/mol. The molecule has 0 aliphatic carbocycles. The first kappa shape index (κ1) is 35.0. The highest BCUT2D eigenvalue weighted by molar-refractivity contribution is 5.96. The van der Waals surface area contributed by atoms with E-state index in [2.05, 4.69) is 25.8 Å². The van der Waals surface area contributed by atoms with Gasteiger partial charge in [0.25, 0.3) is 11.8 Å². The number of oxazole rings is 1. The van der Waals surface area contributed by atoms with E-state index in [-0.39, 0.29) is 30.0 Å². The zero-order valence-electron chi connectivity index (χ0n) is 25.1. The zero-order chi connectivity index (χ0) is 33.9. The molecule has 0 aliphatic heterocycles. The number of aromatic nitrogens is 3. The maximum atomic E-state index is 12.7. The average Bonchev–Trinajstić information content (AvgIpc) is 3.74. The number of carbonyl (C=O) groups excluding carboxylic acids is 3. The Balaban J connectivity index is 0.000000738. The number of ether oxygens (including phenoxy) is 1. The second-order valence-electron chi connectivity index (χ2n) is 9.86. The Morgan fingerprint density at radius 2 is 1.61 bits per heavy atom. The summed E-state index contributed by atoms with van der Waals surface area (Å²) in [6.45, 7) is 5.70. The van der Waals surface area contributed by atoms with E-state index in [4.69, 9.17) is 19.1 Å². The number of H-pyrrole nitrogens is 1. The molecule has 4 N–H and O–H groups in total. The number of benzene rings is 2. The van der Waals surface area contributed by atoms with E-state index in [1.165, 1.54) is 6.20 Å². The van der Waals surface area contributed by atoms with E-state index in [1.807, 2.05) is 68.4 Å². The predicted molar refractivity (Wildman–Crippen MR) is 158 cm³/mol. The van der Waals surface area contributed by atoms with Crippen molar-refractivity contribution >= 4 is 23.8 Å². The molecule has 12 nitrogen and oxygen atoms in total. The lowest BCUT2D eigenvalue weighted by molar-refractivity contribution is -0.192. The summed E-state index contributed by atoms with van der Waals surface area (Å²) in [6, 6.07) is 17.4. The molecule has 2 aromatic heterocycles. The van der Waals surface area contributed by atoms with Crippen LogP contribution in [0, 0.1) is 0 Å². The Kier molecular flexibility index (Phi) is 12.2. The SMILES string of the molecule is CCC(CC)NC(=O)c1cnc(-c2cccc(-c3cc(C(=O)N[C@@H](C)C(=O)OCc4ccccc4)n[nH]3)c2)o1.O=C(O)C(F)(F)F. The molecular formula is C31H32F3N5O7. The lowest BCUT2D eigenvalue weighted by Gasteiger charge is -2.12. The highest BCUT2D eigenvalue weighted by atomic mass is 19.4. The van der Waals surface area contributed by atoms with Crippen molar-refractivity contribution in [2.45, 2.75) is 58.5 Å². The molecule has 0 aliphatic rings. The number of hydrogen-bond acceptors (Lipinski definition) is 8. The summed E-state index contributed by atoms with van der Waals surface area (Å²) in [4.78, 5) is 50.6. The molecule has 0 bridgehead atoms. The third kappa shape index (κ3) is 10.0. The monoisotopic (exact) mass is 643 g/mol. The Morgan fingerprint density at radius 1 is 0.957 bits per heavy atom. The number of aliphatic carboxylic acids is 1. The van der Waals surface area contributed by atoms with Crippen molar-refractivity contribution < 1.29 is 46.6 Å². The standard InChI is InChI=1S/C29H31N5O5.C2HF3O2/c1-4-22(5-2)32-27(36)25-16-30-28(39-25)21-13-9-12-20(14-21)23-15-24(34-33-23)26(35)31-18(3)29(37)38-17-19-10-7-6-8-11-19;3-2(4,5)1(6)7/h6-16,18,22H,4-5,17H2,1-3H3,(H,31,35)(H,32,36)(H,33,34);(H,6,7)/t18-;/m0./s1. The van der Waals surface area contributed by atoms with Gasteiger partial charge >= 0.3 is 18.1 Å². The van der Waals surface area contributed by atoms with Crippen LogP contribution >= 0.6 is 0 Å².